The molecule has 1 saturated heterocycles. The van der Waals surface area contributed by atoms with E-state index in [1.165, 1.54) is 0 Å². The highest BCUT2D eigenvalue weighted by Crippen LogP contribution is 2.59. The molecule has 2 heterocycles. The number of nitrogens with one attached hydrogen (secondary N) is 1. The SMILES string of the molecule is O=C(Nc1ccc2c(c1)OCO2)[C@@H]1C[C@@]12CCN(C(=O)c1ccc(Cl)cc1)C2. The van der Waals surface area contributed by atoms with Gasteiger partial charge in [-0.25, -0.2) is 0 Å². The molecular formula is C21H19ClN2O4. The molecule has 1 spiro atoms. The molecule has 0 unspecified atom stereocenters. The van der Waals surface area contributed by atoms with Crippen LogP contribution in [-0.4, -0.2) is 36.6 Å². The van der Waals surface area contributed by atoms with Gasteiger partial charge in [-0.2, -0.15) is 0 Å². The predicted molar refractivity (Wildman–Crippen MR) is 104 cm³/mol. The molecule has 5 rings (SSSR count). The van der Waals surface area contributed by atoms with Crippen LogP contribution in [0.3, 0.4) is 0 Å². The van der Waals surface area contributed by atoms with Gasteiger partial charge >= 0.3 is 0 Å². The molecule has 2 aliphatic heterocycles. The highest BCUT2D eigenvalue weighted by molar-refractivity contribution is 6.30. The lowest BCUT2D eigenvalue weighted by atomic mass is 10.0. The van der Waals surface area contributed by atoms with Crippen molar-refractivity contribution in [3.63, 3.8) is 0 Å². The van der Waals surface area contributed by atoms with Gasteiger partial charge in [-0.15, -0.1) is 0 Å². The summed E-state index contributed by atoms with van der Waals surface area (Å²) in [7, 11) is 0. The minimum atomic E-state index is -0.0947. The number of carbonyl (C=O) groups is 2. The second-order valence-electron chi connectivity index (χ2n) is 7.66. The quantitative estimate of drug-likeness (QED) is 0.858. The van der Waals surface area contributed by atoms with E-state index in [-0.39, 0.29) is 29.9 Å². The molecule has 2 fully saturated rings. The molecule has 2 amide bonds. The van der Waals surface area contributed by atoms with E-state index in [1.54, 1.807) is 36.4 Å². The van der Waals surface area contributed by atoms with Crippen molar-refractivity contribution in [2.75, 3.05) is 25.2 Å². The maximum atomic E-state index is 12.7. The number of ether oxygens (including phenoxy) is 2. The molecule has 3 aliphatic rings. The van der Waals surface area contributed by atoms with E-state index in [4.69, 9.17) is 21.1 Å². The minimum absolute atomic E-state index is 0.000317. The average Bonchev–Trinajstić information content (AvgIpc) is 3.02. The Labute approximate surface area is 167 Å². The fourth-order valence-electron chi connectivity index (χ4n) is 4.22. The van der Waals surface area contributed by atoms with Gasteiger partial charge in [-0.05, 0) is 49.2 Å². The van der Waals surface area contributed by atoms with Crippen LogP contribution in [0.25, 0.3) is 0 Å². The van der Waals surface area contributed by atoms with Crippen molar-refractivity contribution in [2.45, 2.75) is 12.8 Å². The van der Waals surface area contributed by atoms with E-state index in [9.17, 15) is 9.59 Å². The van der Waals surface area contributed by atoms with Crippen molar-refractivity contribution in [3.05, 3.63) is 53.1 Å². The number of halogens is 1. The first-order valence-electron chi connectivity index (χ1n) is 9.29. The Morgan fingerprint density at radius 3 is 2.71 bits per heavy atom. The first kappa shape index (κ1) is 17.4. The lowest BCUT2D eigenvalue weighted by molar-refractivity contribution is -0.118. The molecule has 2 aromatic carbocycles. The molecule has 0 radical (unpaired) electrons. The third-order valence-electron chi connectivity index (χ3n) is 5.91. The number of likely N-dealkylation sites (tertiary alicyclic amines) is 1. The van der Waals surface area contributed by atoms with E-state index >= 15 is 0 Å². The zero-order valence-electron chi connectivity index (χ0n) is 15.1. The number of hydrogen-bond donors (Lipinski definition) is 1. The molecule has 1 aliphatic carbocycles. The summed E-state index contributed by atoms with van der Waals surface area (Å²) in [5.74, 6) is 1.26. The molecule has 0 bridgehead atoms. The first-order chi connectivity index (χ1) is 13.5. The Bertz CT molecular complexity index is 961. The molecule has 28 heavy (non-hydrogen) atoms. The van der Waals surface area contributed by atoms with Crippen LogP contribution in [0.5, 0.6) is 11.5 Å². The zero-order chi connectivity index (χ0) is 19.3. The Morgan fingerprint density at radius 2 is 1.89 bits per heavy atom. The Morgan fingerprint density at radius 1 is 1.11 bits per heavy atom. The molecule has 1 saturated carbocycles. The van der Waals surface area contributed by atoms with Gasteiger partial charge in [-0.3, -0.25) is 9.59 Å². The number of carbonyl (C=O) groups excluding carboxylic acids is 2. The summed E-state index contributed by atoms with van der Waals surface area (Å²) in [4.78, 5) is 27.3. The Hall–Kier alpha value is -2.73. The van der Waals surface area contributed by atoms with E-state index in [0.717, 1.165) is 12.8 Å². The van der Waals surface area contributed by atoms with E-state index in [0.29, 0.717) is 40.9 Å². The molecule has 0 aromatic heterocycles. The molecule has 1 N–H and O–H groups in total. The second kappa shape index (κ2) is 6.41. The average molecular weight is 399 g/mol. The third-order valence-corrected chi connectivity index (χ3v) is 6.16. The summed E-state index contributed by atoms with van der Waals surface area (Å²) >= 11 is 5.90. The van der Waals surface area contributed by atoms with Crippen molar-refractivity contribution in [1.29, 1.82) is 0 Å². The highest BCUT2D eigenvalue weighted by Gasteiger charge is 2.61. The lowest BCUT2D eigenvalue weighted by Crippen LogP contribution is -2.29. The third kappa shape index (κ3) is 2.98. The summed E-state index contributed by atoms with van der Waals surface area (Å²) in [6, 6.07) is 12.3. The maximum absolute atomic E-state index is 12.7. The molecule has 2 atom stereocenters. The topological polar surface area (TPSA) is 67.9 Å². The minimum Gasteiger partial charge on any atom is -0.454 e. The van der Waals surface area contributed by atoms with Gasteiger partial charge in [0.2, 0.25) is 12.7 Å². The summed E-state index contributed by atoms with van der Waals surface area (Å²) in [5.41, 5.74) is 1.23. The molecule has 6 nitrogen and oxygen atoms in total. The highest BCUT2D eigenvalue weighted by atomic mass is 35.5. The van der Waals surface area contributed by atoms with Gasteiger partial charge in [-0.1, -0.05) is 11.6 Å². The largest absolute Gasteiger partial charge is 0.454 e. The van der Waals surface area contributed by atoms with E-state index in [2.05, 4.69) is 5.32 Å². The number of anilines is 1. The van der Waals surface area contributed by atoms with E-state index in [1.807, 2.05) is 11.0 Å². The number of rotatable bonds is 3. The van der Waals surface area contributed by atoms with Crippen molar-refractivity contribution < 1.29 is 19.1 Å². The molecule has 2 aromatic rings. The van der Waals surface area contributed by atoms with Crippen LogP contribution in [0.4, 0.5) is 5.69 Å². The fraction of sp³-hybridized carbons (Fsp3) is 0.333. The summed E-state index contributed by atoms with van der Waals surface area (Å²) in [5, 5.41) is 3.58. The van der Waals surface area contributed by atoms with Gasteiger partial charge in [0.25, 0.3) is 5.91 Å². The van der Waals surface area contributed by atoms with Crippen LogP contribution in [0, 0.1) is 11.3 Å². The van der Waals surface area contributed by atoms with Gasteiger partial charge in [0.05, 0.1) is 0 Å². The van der Waals surface area contributed by atoms with Gasteiger partial charge in [0, 0.05) is 46.8 Å². The van der Waals surface area contributed by atoms with Gasteiger partial charge < -0.3 is 19.7 Å². The zero-order valence-corrected chi connectivity index (χ0v) is 15.9. The van der Waals surface area contributed by atoms with Crippen LogP contribution in [0.1, 0.15) is 23.2 Å². The van der Waals surface area contributed by atoms with Crippen molar-refractivity contribution in [1.82, 2.24) is 4.90 Å². The molecule has 7 heteroatoms. The summed E-state index contributed by atoms with van der Waals surface area (Å²) in [6.07, 6.45) is 1.67. The van der Waals surface area contributed by atoms with Crippen molar-refractivity contribution in [3.8, 4) is 11.5 Å². The number of nitrogens with zero attached hydrogens (tertiary/aromatic N) is 1. The Balaban J connectivity index is 1.22. The van der Waals surface area contributed by atoms with Crippen LogP contribution >= 0.6 is 11.6 Å². The monoisotopic (exact) mass is 398 g/mol. The lowest BCUT2D eigenvalue weighted by Gasteiger charge is -2.17. The number of amides is 2. The van der Waals surface area contributed by atoms with Crippen LogP contribution in [0.15, 0.2) is 42.5 Å². The van der Waals surface area contributed by atoms with Gasteiger partial charge in [0.1, 0.15) is 0 Å². The van der Waals surface area contributed by atoms with Gasteiger partial charge in [0.15, 0.2) is 11.5 Å². The van der Waals surface area contributed by atoms with Crippen molar-refractivity contribution >= 4 is 29.1 Å². The van der Waals surface area contributed by atoms with Crippen LogP contribution < -0.4 is 14.8 Å². The number of hydrogen-bond acceptors (Lipinski definition) is 4. The molecular weight excluding hydrogens is 380 g/mol. The number of fused-ring (bicyclic) bond motifs is 1. The van der Waals surface area contributed by atoms with E-state index < -0.39 is 0 Å². The van der Waals surface area contributed by atoms with Crippen LogP contribution in [-0.2, 0) is 4.79 Å². The van der Waals surface area contributed by atoms with Crippen molar-refractivity contribution in [2.24, 2.45) is 11.3 Å². The number of benzene rings is 2. The van der Waals surface area contributed by atoms with Crippen LogP contribution in [0.2, 0.25) is 5.02 Å². The standard InChI is InChI=1S/C21H19ClN2O4/c22-14-3-1-13(2-4-14)20(26)24-8-7-21(11-24)10-16(21)19(25)23-15-5-6-17-18(9-15)28-12-27-17/h1-6,9,16H,7-8,10-12H2,(H,23,25)/t16-,21+/m0/s1. The normalized spacial score (nSPS) is 24.5. The Kier molecular flexibility index (Phi) is 3.98. The fourth-order valence-corrected chi connectivity index (χ4v) is 4.34. The smallest absolute Gasteiger partial charge is 0.253 e. The molecule has 144 valence electrons. The maximum Gasteiger partial charge on any atom is 0.253 e. The summed E-state index contributed by atoms with van der Waals surface area (Å²) in [6.45, 7) is 1.50. The first-order valence-corrected chi connectivity index (χ1v) is 9.67. The summed E-state index contributed by atoms with van der Waals surface area (Å²) < 4.78 is 10.6. The predicted octanol–water partition coefficient (Wildman–Crippen LogP) is 3.56. The second-order valence-corrected chi connectivity index (χ2v) is 8.10.